The van der Waals surface area contributed by atoms with Crippen molar-refractivity contribution in [3.63, 3.8) is 0 Å². The molecule has 0 bridgehead atoms. The number of amides is 1. The molecule has 0 saturated heterocycles. The van der Waals surface area contributed by atoms with E-state index in [1.165, 1.54) is 17.6 Å². The first-order valence-electron chi connectivity index (χ1n) is 7.55. The molecule has 24 heavy (non-hydrogen) atoms. The van der Waals surface area contributed by atoms with Gasteiger partial charge in [-0.05, 0) is 31.5 Å². The summed E-state index contributed by atoms with van der Waals surface area (Å²) in [6.07, 6.45) is 2.26. The number of nitrogens with zero attached hydrogens (tertiary/aromatic N) is 2. The maximum absolute atomic E-state index is 12.4. The van der Waals surface area contributed by atoms with Crippen molar-refractivity contribution in [2.45, 2.75) is 26.9 Å². The van der Waals surface area contributed by atoms with Gasteiger partial charge < -0.3 is 9.15 Å². The van der Waals surface area contributed by atoms with Crippen LogP contribution < -0.4 is 10.1 Å². The van der Waals surface area contributed by atoms with Crippen LogP contribution in [-0.2, 0) is 13.0 Å². The van der Waals surface area contributed by atoms with E-state index < -0.39 is 0 Å². The maximum Gasteiger partial charge on any atom is 0.261 e. The molecular formula is C17H17N3O3S. The average Bonchev–Trinajstić information content (AvgIpc) is 3.23. The van der Waals surface area contributed by atoms with E-state index in [2.05, 4.69) is 15.5 Å². The van der Waals surface area contributed by atoms with Crippen molar-refractivity contribution in [1.29, 1.82) is 0 Å². The van der Waals surface area contributed by atoms with Crippen LogP contribution in [-0.4, -0.2) is 16.1 Å². The first-order valence-corrected chi connectivity index (χ1v) is 8.37. The van der Waals surface area contributed by atoms with Gasteiger partial charge in [0, 0.05) is 0 Å². The Balaban J connectivity index is 1.65. The van der Waals surface area contributed by atoms with E-state index in [0.29, 0.717) is 16.5 Å². The van der Waals surface area contributed by atoms with Crippen molar-refractivity contribution < 1.29 is 13.9 Å². The zero-order valence-electron chi connectivity index (χ0n) is 13.4. The second-order valence-corrected chi connectivity index (χ2v) is 6.23. The van der Waals surface area contributed by atoms with Gasteiger partial charge in [0.05, 0.1) is 11.8 Å². The van der Waals surface area contributed by atoms with E-state index in [0.717, 1.165) is 22.7 Å². The van der Waals surface area contributed by atoms with E-state index in [9.17, 15) is 4.79 Å². The van der Waals surface area contributed by atoms with Gasteiger partial charge in [-0.1, -0.05) is 36.0 Å². The molecule has 1 N–H and O–H groups in total. The number of benzene rings is 1. The minimum absolute atomic E-state index is 0.176. The van der Waals surface area contributed by atoms with Crippen LogP contribution in [0.3, 0.4) is 0 Å². The van der Waals surface area contributed by atoms with Crippen LogP contribution in [0.5, 0.6) is 5.75 Å². The Hall–Kier alpha value is -2.67. The van der Waals surface area contributed by atoms with E-state index in [1.54, 1.807) is 6.07 Å². The molecule has 0 aliphatic carbocycles. The number of hydrogen-bond acceptors (Lipinski definition) is 6. The predicted octanol–water partition coefficient (Wildman–Crippen LogP) is 3.83. The van der Waals surface area contributed by atoms with Crippen LogP contribution in [0, 0.1) is 6.92 Å². The molecule has 1 aromatic carbocycles. The van der Waals surface area contributed by atoms with Crippen molar-refractivity contribution in [3.05, 3.63) is 58.5 Å². The molecule has 0 aliphatic heterocycles. The van der Waals surface area contributed by atoms with Gasteiger partial charge in [-0.15, -0.1) is 10.2 Å². The molecule has 3 rings (SSSR count). The highest BCUT2D eigenvalue weighted by molar-refractivity contribution is 7.15. The third kappa shape index (κ3) is 3.80. The molecule has 0 fully saturated rings. The Morgan fingerprint density at radius 2 is 2.04 bits per heavy atom. The summed E-state index contributed by atoms with van der Waals surface area (Å²) in [5, 5.41) is 12.0. The molecule has 0 spiro atoms. The lowest BCUT2D eigenvalue weighted by atomic mass is 10.2. The highest BCUT2D eigenvalue weighted by Gasteiger charge is 2.17. The smallest absolute Gasteiger partial charge is 0.261 e. The lowest BCUT2D eigenvalue weighted by Gasteiger charge is -2.06. The molecule has 0 aliphatic rings. The van der Waals surface area contributed by atoms with Gasteiger partial charge in [-0.3, -0.25) is 10.1 Å². The minimum atomic E-state index is -0.287. The van der Waals surface area contributed by atoms with Crippen molar-refractivity contribution >= 4 is 22.4 Å². The monoisotopic (exact) mass is 343 g/mol. The zero-order valence-corrected chi connectivity index (χ0v) is 14.2. The summed E-state index contributed by atoms with van der Waals surface area (Å²) < 4.78 is 11.0. The van der Waals surface area contributed by atoms with Gasteiger partial charge in [0.15, 0.2) is 5.76 Å². The molecule has 1 amide bonds. The van der Waals surface area contributed by atoms with Gasteiger partial charge in [0.1, 0.15) is 17.4 Å². The van der Waals surface area contributed by atoms with E-state index in [4.69, 9.17) is 9.15 Å². The van der Waals surface area contributed by atoms with Crippen molar-refractivity contribution in [1.82, 2.24) is 10.2 Å². The topological polar surface area (TPSA) is 77.3 Å². The first-order chi connectivity index (χ1) is 11.7. The second kappa shape index (κ2) is 7.27. The Morgan fingerprint density at radius 3 is 2.75 bits per heavy atom. The van der Waals surface area contributed by atoms with Crippen molar-refractivity contribution in [3.8, 4) is 5.75 Å². The Kier molecular flexibility index (Phi) is 4.90. The number of carbonyl (C=O) groups excluding carboxylic acids is 1. The van der Waals surface area contributed by atoms with Crippen molar-refractivity contribution in [2.75, 3.05) is 5.32 Å². The van der Waals surface area contributed by atoms with Gasteiger partial charge in [0.2, 0.25) is 5.13 Å². The van der Waals surface area contributed by atoms with E-state index in [-0.39, 0.29) is 12.5 Å². The fraction of sp³-hybridized carbons (Fsp3) is 0.235. The highest BCUT2D eigenvalue weighted by atomic mass is 32.1. The summed E-state index contributed by atoms with van der Waals surface area (Å²) >= 11 is 1.36. The molecule has 3 aromatic rings. The summed E-state index contributed by atoms with van der Waals surface area (Å²) in [6, 6.07) is 9.31. The lowest BCUT2D eigenvalue weighted by Crippen LogP contribution is -2.13. The van der Waals surface area contributed by atoms with Crippen LogP contribution in [0.15, 0.2) is 41.0 Å². The van der Waals surface area contributed by atoms with Crippen LogP contribution in [0.4, 0.5) is 5.13 Å². The normalized spacial score (nSPS) is 10.6. The van der Waals surface area contributed by atoms with Gasteiger partial charge in [-0.2, -0.15) is 0 Å². The summed E-state index contributed by atoms with van der Waals surface area (Å²) in [6.45, 7) is 4.17. The largest absolute Gasteiger partial charge is 0.486 e. The van der Waals surface area contributed by atoms with Crippen molar-refractivity contribution in [2.24, 2.45) is 0 Å². The molecule has 0 saturated carbocycles. The van der Waals surface area contributed by atoms with Crippen LogP contribution in [0.25, 0.3) is 0 Å². The van der Waals surface area contributed by atoms with E-state index in [1.807, 2.05) is 38.1 Å². The fourth-order valence-electron chi connectivity index (χ4n) is 2.05. The van der Waals surface area contributed by atoms with Gasteiger partial charge in [0.25, 0.3) is 5.91 Å². The Morgan fingerprint density at radius 1 is 1.25 bits per heavy atom. The van der Waals surface area contributed by atoms with Gasteiger partial charge >= 0.3 is 0 Å². The maximum atomic E-state index is 12.4. The lowest BCUT2D eigenvalue weighted by molar-refractivity contribution is 0.102. The first kappa shape index (κ1) is 16.2. The number of carbonyl (C=O) groups is 1. The second-order valence-electron chi connectivity index (χ2n) is 5.17. The summed E-state index contributed by atoms with van der Waals surface area (Å²) in [5.74, 6) is 0.901. The third-order valence-electron chi connectivity index (χ3n) is 3.37. The third-order valence-corrected chi connectivity index (χ3v) is 4.35. The molecule has 124 valence electrons. The number of rotatable bonds is 6. The minimum Gasteiger partial charge on any atom is -0.486 e. The molecule has 2 heterocycles. The zero-order chi connectivity index (χ0) is 16.9. The molecule has 0 radical (unpaired) electrons. The van der Waals surface area contributed by atoms with E-state index >= 15 is 0 Å². The molecule has 6 nitrogen and oxygen atoms in total. The quantitative estimate of drug-likeness (QED) is 0.736. The van der Waals surface area contributed by atoms with Crippen LogP contribution in [0.1, 0.15) is 33.6 Å². The molecular weight excluding hydrogens is 326 g/mol. The number of aromatic nitrogens is 2. The molecule has 0 unspecified atom stereocenters. The average molecular weight is 343 g/mol. The number of furan rings is 1. The van der Waals surface area contributed by atoms with Crippen LogP contribution >= 0.6 is 11.3 Å². The Labute approximate surface area is 143 Å². The molecule has 2 aromatic heterocycles. The molecule has 0 atom stereocenters. The number of ether oxygens (including phenoxy) is 1. The summed E-state index contributed by atoms with van der Waals surface area (Å²) in [4.78, 5) is 12.4. The summed E-state index contributed by atoms with van der Waals surface area (Å²) in [7, 11) is 0. The highest BCUT2D eigenvalue weighted by Crippen LogP contribution is 2.20. The van der Waals surface area contributed by atoms with Gasteiger partial charge in [-0.25, -0.2) is 0 Å². The fourth-order valence-corrected chi connectivity index (χ4v) is 2.72. The standard InChI is InChI=1S/C17H17N3O3S/c1-3-15-19-20-17(24-15)18-16(21)13-8-9-22-14(13)10-23-12-6-4-11(2)5-7-12/h4-9H,3,10H2,1-2H3,(H,18,20,21). The Bertz CT molecular complexity index is 824. The number of hydrogen-bond donors (Lipinski definition) is 1. The van der Waals surface area contributed by atoms with Crippen LogP contribution in [0.2, 0.25) is 0 Å². The predicted molar refractivity (Wildman–Crippen MR) is 91.5 cm³/mol. The SMILES string of the molecule is CCc1nnc(NC(=O)c2ccoc2COc2ccc(C)cc2)s1. The number of nitrogens with one attached hydrogen (secondary N) is 1. The number of aryl methyl sites for hydroxylation is 2. The molecule has 7 heteroatoms. The summed E-state index contributed by atoms with van der Waals surface area (Å²) in [5.41, 5.74) is 1.58. The number of anilines is 1.